The van der Waals surface area contributed by atoms with Gasteiger partial charge in [-0.3, -0.25) is 0 Å². The number of nitrogens with two attached hydrogens (primary N) is 1. The van der Waals surface area contributed by atoms with Crippen LogP contribution in [0.4, 0.5) is 0 Å². The Kier molecular flexibility index (Phi) is 1.68. The summed E-state index contributed by atoms with van der Waals surface area (Å²) in [7, 11) is 0. The maximum Gasteiger partial charge on any atom is 0.107 e. The number of imidazole rings is 1. The number of aromatic nitrogens is 2. The van der Waals surface area contributed by atoms with E-state index < -0.39 is 0 Å². The van der Waals surface area contributed by atoms with E-state index in [0.717, 1.165) is 12.2 Å². The van der Waals surface area contributed by atoms with Crippen molar-refractivity contribution in [3.63, 3.8) is 0 Å². The van der Waals surface area contributed by atoms with Crippen LogP contribution in [0.15, 0.2) is 12.4 Å². The molecule has 1 atom stereocenters. The van der Waals surface area contributed by atoms with Crippen LogP contribution in [0, 0.1) is 5.41 Å². The predicted molar refractivity (Wildman–Crippen MR) is 47.6 cm³/mol. The van der Waals surface area contributed by atoms with E-state index in [1.54, 1.807) is 6.20 Å². The van der Waals surface area contributed by atoms with Gasteiger partial charge in [-0.05, 0) is 18.3 Å². The highest BCUT2D eigenvalue weighted by Gasteiger charge is 2.42. The van der Waals surface area contributed by atoms with Crippen molar-refractivity contribution in [2.24, 2.45) is 11.1 Å². The molecule has 3 N–H and O–H groups in total. The van der Waals surface area contributed by atoms with Crippen LogP contribution in [0.3, 0.4) is 0 Å². The first-order valence-corrected chi connectivity index (χ1v) is 4.44. The topological polar surface area (TPSA) is 54.7 Å². The molecule has 12 heavy (non-hydrogen) atoms. The third-order valence-electron chi connectivity index (χ3n) is 2.90. The highest BCUT2D eigenvalue weighted by atomic mass is 14.9. The molecule has 66 valence electrons. The van der Waals surface area contributed by atoms with E-state index in [1.807, 2.05) is 6.20 Å². The maximum atomic E-state index is 6.04. The van der Waals surface area contributed by atoms with Crippen molar-refractivity contribution in [2.45, 2.75) is 32.2 Å². The van der Waals surface area contributed by atoms with Gasteiger partial charge in [0.25, 0.3) is 0 Å². The van der Waals surface area contributed by atoms with Crippen molar-refractivity contribution < 1.29 is 0 Å². The summed E-state index contributed by atoms with van der Waals surface area (Å²) in [5.74, 6) is 1.01. The molecule has 1 aliphatic rings. The van der Waals surface area contributed by atoms with E-state index in [-0.39, 0.29) is 6.04 Å². The minimum absolute atomic E-state index is 0.267. The van der Waals surface area contributed by atoms with E-state index in [4.69, 9.17) is 5.73 Å². The molecule has 0 spiro atoms. The Morgan fingerprint density at radius 1 is 1.75 bits per heavy atom. The monoisotopic (exact) mass is 165 g/mol. The summed E-state index contributed by atoms with van der Waals surface area (Å²) in [6.45, 7) is 2.25. The van der Waals surface area contributed by atoms with Gasteiger partial charge < -0.3 is 10.7 Å². The second-order valence-electron chi connectivity index (χ2n) is 4.00. The summed E-state index contributed by atoms with van der Waals surface area (Å²) >= 11 is 0. The summed E-state index contributed by atoms with van der Waals surface area (Å²) in [4.78, 5) is 7.24. The Hall–Kier alpha value is -0.830. The molecule has 1 unspecified atom stereocenters. The quantitative estimate of drug-likeness (QED) is 0.704. The molecular weight excluding hydrogens is 150 g/mol. The van der Waals surface area contributed by atoms with Gasteiger partial charge in [0.15, 0.2) is 0 Å². The van der Waals surface area contributed by atoms with E-state index in [2.05, 4.69) is 16.9 Å². The van der Waals surface area contributed by atoms with Gasteiger partial charge in [-0.15, -0.1) is 0 Å². The Labute approximate surface area is 72.4 Å². The number of rotatable bonds is 3. The van der Waals surface area contributed by atoms with E-state index in [1.165, 1.54) is 12.8 Å². The van der Waals surface area contributed by atoms with Crippen LogP contribution in [0.1, 0.15) is 25.6 Å². The highest BCUT2D eigenvalue weighted by molar-refractivity contribution is 5.02. The fourth-order valence-corrected chi connectivity index (χ4v) is 1.43. The Morgan fingerprint density at radius 3 is 3.00 bits per heavy atom. The molecule has 3 nitrogen and oxygen atoms in total. The lowest BCUT2D eigenvalue weighted by atomic mass is 9.97. The van der Waals surface area contributed by atoms with E-state index >= 15 is 0 Å². The lowest BCUT2D eigenvalue weighted by molar-refractivity contribution is 0.427. The second-order valence-corrected chi connectivity index (χ2v) is 4.00. The fraction of sp³-hybridized carbons (Fsp3) is 0.667. The van der Waals surface area contributed by atoms with Crippen LogP contribution >= 0.6 is 0 Å². The van der Waals surface area contributed by atoms with Gasteiger partial charge in [0, 0.05) is 24.9 Å². The van der Waals surface area contributed by atoms with Crippen molar-refractivity contribution in [2.75, 3.05) is 0 Å². The standard InChI is InChI=1S/C9H15N3/c1-9(2-3-9)7(10)6-8-11-4-5-12-8/h4-5,7H,2-3,6,10H2,1H3,(H,11,12). The van der Waals surface area contributed by atoms with Crippen LogP contribution in [-0.2, 0) is 6.42 Å². The fourth-order valence-electron chi connectivity index (χ4n) is 1.43. The predicted octanol–water partition coefficient (Wildman–Crippen LogP) is 1.08. The lowest BCUT2D eigenvalue weighted by Gasteiger charge is -2.16. The average molecular weight is 165 g/mol. The van der Waals surface area contributed by atoms with Gasteiger partial charge in [0.1, 0.15) is 5.82 Å². The molecule has 1 saturated carbocycles. The molecule has 0 radical (unpaired) electrons. The largest absolute Gasteiger partial charge is 0.349 e. The van der Waals surface area contributed by atoms with Crippen LogP contribution in [0.25, 0.3) is 0 Å². The van der Waals surface area contributed by atoms with Crippen LogP contribution in [0.2, 0.25) is 0 Å². The number of nitrogens with zero attached hydrogens (tertiary/aromatic N) is 1. The third kappa shape index (κ3) is 1.37. The van der Waals surface area contributed by atoms with Crippen molar-refractivity contribution in [1.29, 1.82) is 0 Å². The summed E-state index contributed by atoms with van der Waals surface area (Å²) in [6, 6.07) is 0.267. The van der Waals surface area contributed by atoms with Crippen molar-refractivity contribution in [1.82, 2.24) is 9.97 Å². The summed E-state index contributed by atoms with van der Waals surface area (Å²) < 4.78 is 0. The molecule has 0 bridgehead atoms. The van der Waals surface area contributed by atoms with Crippen molar-refractivity contribution in [3.05, 3.63) is 18.2 Å². The smallest absolute Gasteiger partial charge is 0.107 e. The molecule has 3 heteroatoms. The number of hydrogen-bond acceptors (Lipinski definition) is 2. The number of H-pyrrole nitrogens is 1. The molecule has 0 amide bonds. The minimum Gasteiger partial charge on any atom is -0.349 e. The van der Waals surface area contributed by atoms with Crippen LogP contribution < -0.4 is 5.73 Å². The Morgan fingerprint density at radius 2 is 2.50 bits per heavy atom. The third-order valence-corrected chi connectivity index (χ3v) is 2.90. The normalized spacial score (nSPS) is 22.2. The van der Waals surface area contributed by atoms with Crippen molar-refractivity contribution in [3.8, 4) is 0 Å². The Bertz CT molecular complexity index is 249. The first kappa shape index (κ1) is 7.80. The maximum absolute atomic E-state index is 6.04. The van der Waals surface area contributed by atoms with Crippen LogP contribution in [-0.4, -0.2) is 16.0 Å². The molecule has 0 saturated heterocycles. The van der Waals surface area contributed by atoms with Crippen molar-refractivity contribution >= 4 is 0 Å². The van der Waals surface area contributed by atoms with Gasteiger partial charge >= 0.3 is 0 Å². The minimum atomic E-state index is 0.267. The van der Waals surface area contributed by atoms with Gasteiger partial charge in [0.05, 0.1) is 0 Å². The summed E-state index contributed by atoms with van der Waals surface area (Å²) in [5.41, 5.74) is 6.44. The van der Waals surface area contributed by atoms with Gasteiger partial charge in [-0.25, -0.2) is 4.98 Å². The number of nitrogens with one attached hydrogen (secondary N) is 1. The molecule has 1 heterocycles. The SMILES string of the molecule is CC1(C(N)Cc2ncc[nH]2)CC1. The molecule has 1 fully saturated rings. The van der Waals surface area contributed by atoms with E-state index in [9.17, 15) is 0 Å². The molecular formula is C9H15N3. The zero-order chi connectivity index (χ0) is 8.60. The number of aromatic amines is 1. The van der Waals surface area contributed by atoms with Gasteiger partial charge in [-0.2, -0.15) is 0 Å². The second kappa shape index (κ2) is 2.59. The Balaban J connectivity index is 1.95. The van der Waals surface area contributed by atoms with Gasteiger partial charge in [0.2, 0.25) is 0 Å². The first-order chi connectivity index (χ1) is 5.71. The lowest BCUT2D eigenvalue weighted by Crippen LogP contribution is -2.32. The summed E-state index contributed by atoms with van der Waals surface area (Å²) in [5, 5.41) is 0. The molecule has 1 aromatic heterocycles. The van der Waals surface area contributed by atoms with Crippen LogP contribution in [0.5, 0.6) is 0 Å². The van der Waals surface area contributed by atoms with Gasteiger partial charge in [-0.1, -0.05) is 6.92 Å². The average Bonchev–Trinajstić information content (AvgIpc) is 2.63. The highest BCUT2D eigenvalue weighted by Crippen LogP contribution is 2.47. The molecule has 1 aromatic rings. The molecule has 0 aliphatic heterocycles. The zero-order valence-electron chi connectivity index (χ0n) is 7.38. The zero-order valence-corrected chi connectivity index (χ0v) is 7.38. The molecule has 0 aromatic carbocycles. The number of hydrogen-bond donors (Lipinski definition) is 2. The van der Waals surface area contributed by atoms with E-state index in [0.29, 0.717) is 5.41 Å². The molecule has 1 aliphatic carbocycles. The first-order valence-electron chi connectivity index (χ1n) is 4.44. The molecule has 2 rings (SSSR count). The summed E-state index contributed by atoms with van der Waals surface area (Å²) in [6.07, 6.45) is 7.04.